The fourth-order valence-electron chi connectivity index (χ4n) is 0.949. The zero-order valence-corrected chi connectivity index (χ0v) is 10.3. The molecule has 1 amide bonds. The first-order chi connectivity index (χ1) is 8.66. The number of ether oxygens (including phenoxy) is 3. The van der Waals surface area contributed by atoms with Gasteiger partial charge >= 0.3 is 6.09 Å². The monoisotopic (exact) mass is 268 g/mol. The number of alkyl halides is 1. The molecule has 0 radical (unpaired) electrons. The van der Waals surface area contributed by atoms with Crippen molar-refractivity contribution in [1.29, 1.82) is 0 Å². The second kappa shape index (κ2) is 12.5. The molecule has 0 aromatic rings. The molecule has 0 aliphatic carbocycles. The molecule has 0 fully saturated rings. The van der Waals surface area contributed by atoms with E-state index in [4.69, 9.17) is 25.1 Å². The summed E-state index contributed by atoms with van der Waals surface area (Å²) < 4.78 is 27.8. The Hall–Kier alpha value is -0.960. The minimum Gasteiger partial charge on any atom is -0.465 e. The van der Waals surface area contributed by atoms with E-state index < -0.39 is 12.3 Å². The summed E-state index contributed by atoms with van der Waals surface area (Å²) in [5.74, 6) is 0. The lowest BCUT2D eigenvalue weighted by Gasteiger charge is -2.08. The molecule has 8 heteroatoms. The van der Waals surface area contributed by atoms with Crippen molar-refractivity contribution >= 4 is 6.09 Å². The number of carbonyl (C=O) groups is 1. The standard InChI is InChI=1S/C10H21FN2O5/c11-9(7-12)8-18-6-5-17-4-3-16-2-1-13-10(14)15/h9,13H,1-8,12H2,(H,14,15). The molecule has 108 valence electrons. The van der Waals surface area contributed by atoms with Crippen molar-refractivity contribution in [2.45, 2.75) is 6.17 Å². The quantitative estimate of drug-likeness (QED) is 0.416. The normalized spacial score (nSPS) is 12.3. The molecule has 1 atom stereocenters. The SMILES string of the molecule is NCC(F)COCCOCCOCCNC(=O)O. The largest absolute Gasteiger partial charge is 0.465 e. The summed E-state index contributed by atoms with van der Waals surface area (Å²) in [6.07, 6.45) is -2.20. The number of nitrogens with two attached hydrogens (primary N) is 1. The summed E-state index contributed by atoms with van der Waals surface area (Å²) in [6.45, 7) is 1.90. The topological polar surface area (TPSA) is 103 Å². The van der Waals surface area contributed by atoms with Crippen molar-refractivity contribution in [1.82, 2.24) is 5.32 Å². The number of halogens is 1. The van der Waals surface area contributed by atoms with Crippen molar-refractivity contribution in [3.05, 3.63) is 0 Å². The van der Waals surface area contributed by atoms with Crippen LogP contribution in [0.4, 0.5) is 9.18 Å². The highest BCUT2D eigenvalue weighted by Gasteiger charge is 2.02. The van der Waals surface area contributed by atoms with Gasteiger partial charge in [0, 0.05) is 13.1 Å². The van der Waals surface area contributed by atoms with E-state index in [9.17, 15) is 9.18 Å². The van der Waals surface area contributed by atoms with Crippen molar-refractivity contribution in [2.24, 2.45) is 5.73 Å². The number of nitrogens with one attached hydrogen (secondary N) is 1. The lowest BCUT2D eigenvalue weighted by molar-refractivity contribution is 0.00509. The zero-order chi connectivity index (χ0) is 13.6. The molecule has 7 nitrogen and oxygen atoms in total. The van der Waals surface area contributed by atoms with Crippen LogP contribution < -0.4 is 11.1 Å². The van der Waals surface area contributed by atoms with Crippen LogP contribution in [-0.2, 0) is 14.2 Å². The number of amides is 1. The van der Waals surface area contributed by atoms with Gasteiger partial charge in [-0.1, -0.05) is 0 Å². The molecule has 0 saturated heterocycles. The van der Waals surface area contributed by atoms with E-state index in [1.807, 2.05) is 0 Å². The molecule has 0 saturated carbocycles. The van der Waals surface area contributed by atoms with Crippen molar-refractivity contribution in [3.63, 3.8) is 0 Å². The third-order valence-corrected chi connectivity index (χ3v) is 1.82. The van der Waals surface area contributed by atoms with Gasteiger partial charge in [-0.2, -0.15) is 0 Å². The second-order valence-corrected chi connectivity index (χ2v) is 3.36. The Balaban J connectivity index is 3.01. The zero-order valence-electron chi connectivity index (χ0n) is 10.3. The van der Waals surface area contributed by atoms with Crippen LogP contribution in [0.5, 0.6) is 0 Å². The summed E-state index contributed by atoms with van der Waals surface area (Å²) in [5, 5.41) is 10.4. The lowest BCUT2D eigenvalue weighted by Crippen LogP contribution is -2.25. The van der Waals surface area contributed by atoms with Gasteiger partial charge in [-0.25, -0.2) is 9.18 Å². The maximum atomic E-state index is 12.6. The number of carboxylic acid groups (broad SMARTS) is 1. The molecular formula is C10H21FN2O5. The third-order valence-electron chi connectivity index (χ3n) is 1.82. The molecule has 0 rings (SSSR count). The first kappa shape index (κ1) is 17.0. The van der Waals surface area contributed by atoms with Crippen LogP contribution in [0.15, 0.2) is 0 Å². The van der Waals surface area contributed by atoms with E-state index in [0.29, 0.717) is 33.0 Å². The Labute approximate surface area is 105 Å². The maximum Gasteiger partial charge on any atom is 0.404 e. The predicted octanol–water partition coefficient (Wildman–Crippen LogP) is -0.399. The Bertz CT molecular complexity index is 209. The van der Waals surface area contributed by atoms with Crippen molar-refractivity contribution in [2.75, 3.05) is 52.7 Å². The van der Waals surface area contributed by atoms with Crippen LogP contribution in [0.2, 0.25) is 0 Å². The molecule has 0 bridgehead atoms. The van der Waals surface area contributed by atoms with Gasteiger partial charge < -0.3 is 30.4 Å². The Morgan fingerprint density at radius 2 is 1.72 bits per heavy atom. The lowest BCUT2D eigenvalue weighted by atomic mass is 10.4. The molecule has 1 unspecified atom stereocenters. The molecule has 4 N–H and O–H groups in total. The Morgan fingerprint density at radius 1 is 1.17 bits per heavy atom. The average molecular weight is 268 g/mol. The average Bonchev–Trinajstić information content (AvgIpc) is 2.35. The van der Waals surface area contributed by atoms with E-state index in [-0.39, 0.29) is 19.7 Å². The smallest absolute Gasteiger partial charge is 0.404 e. The molecule has 0 aliphatic heterocycles. The van der Waals surface area contributed by atoms with Gasteiger partial charge in [-0.3, -0.25) is 0 Å². The van der Waals surface area contributed by atoms with Gasteiger partial charge in [0.1, 0.15) is 6.17 Å². The highest BCUT2D eigenvalue weighted by molar-refractivity contribution is 5.64. The summed E-state index contributed by atoms with van der Waals surface area (Å²) >= 11 is 0. The molecule has 0 aliphatic rings. The number of hydrogen-bond donors (Lipinski definition) is 3. The third kappa shape index (κ3) is 13.1. The minimum atomic E-state index is -1.13. The van der Waals surface area contributed by atoms with Crippen molar-refractivity contribution < 1.29 is 28.5 Å². The van der Waals surface area contributed by atoms with Gasteiger partial charge in [0.05, 0.1) is 39.6 Å². The summed E-state index contributed by atoms with van der Waals surface area (Å²) in [7, 11) is 0. The minimum absolute atomic E-state index is 0.0166. The van der Waals surface area contributed by atoms with Gasteiger partial charge in [-0.05, 0) is 0 Å². The van der Waals surface area contributed by atoms with Crippen LogP contribution in [0.1, 0.15) is 0 Å². The van der Waals surface area contributed by atoms with E-state index in [2.05, 4.69) is 5.32 Å². The molecular weight excluding hydrogens is 247 g/mol. The van der Waals surface area contributed by atoms with Gasteiger partial charge in [0.25, 0.3) is 0 Å². The fraction of sp³-hybridized carbons (Fsp3) is 0.900. The first-order valence-corrected chi connectivity index (χ1v) is 5.71. The van der Waals surface area contributed by atoms with Crippen LogP contribution in [-0.4, -0.2) is 70.1 Å². The highest BCUT2D eigenvalue weighted by atomic mass is 19.1. The van der Waals surface area contributed by atoms with Crippen molar-refractivity contribution in [3.8, 4) is 0 Å². The van der Waals surface area contributed by atoms with E-state index in [1.54, 1.807) is 0 Å². The van der Waals surface area contributed by atoms with Gasteiger partial charge in [0.2, 0.25) is 0 Å². The molecule has 18 heavy (non-hydrogen) atoms. The number of hydrogen-bond acceptors (Lipinski definition) is 5. The number of rotatable bonds is 12. The highest BCUT2D eigenvalue weighted by Crippen LogP contribution is 1.89. The van der Waals surface area contributed by atoms with E-state index in [0.717, 1.165) is 0 Å². The molecule has 0 spiro atoms. The van der Waals surface area contributed by atoms with Gasteiger partial charge in [0.15, 0.2) is 0 Å². The Morgan fingerprint density at radius 3 is 2.28 bits per heavy atom. The van der Waals surface area contributed by atoms with Gasteiger partial charge in [-0.15, -0.1) is 0 Å². The maximum absolute atomic E-state index is 12.6. The Kier molecular flexibility index (Phi) is 11.8. The van der Waals surface area contributed by atoms with Crippen LogP contribution in [0.3, 0.4) is 0 Å². The van der Waals surface area contributed by atoms with E-state index in [1.165, 1.54) is 0 Å². The van der Waals surface area contributed by atoms with Crippen LogP contribution in [0.25, 0.3) is 0 Å². The summed E-state index contributed by atoms with van der Waals surface area (Å²) in [4.78, 5) is 10.1. The summed E-state index contributed by atoms with van der Waals surface area (Å²) in [5.41, 5.74) is 5.07. The molecule has 0 aromatic heterocycles. The summed E-state index contributed by atoms with van der Waals surface area (Å²) in [6, 6.07) is 0. The van der Waals surface area contributed by atoms with E-state index >= 15 is 0 Å². The van der Waals surface area contributed by atoms with Crippen LogP contribution in [0, 0.1) is 0 Å². The molecule has 0 heterocycles. The second-order valence-electron chi connectivity index (χ2n) is 3.36. The van der Waals surface area contributed by atoms with Crippen LogP contribution >= 0.6 is 0 Å². The fourth-order valence-corrected chi connectivity index (χ4v) is 0.949. The predicted molar refractivity (Wildman–Crippen MR) is 62.4 cm³/mol. The first-order valence-electron chi connectivity index (χ1n) is 5.71. The molecule has 0 aromatic carbocycles.